The molecule has 0 aliphatic carbocycles. The molecule has 2 aromatic heterocycles. The van der Waals surface area contributed by atoms with Gasteiger partial charge in [-0.25, -0.2) is 4.98 Å². The predicted molar refractivity (Wildman–Crippen MR) is 84.4 cm³/mol. The zero-order valence-corrected chi connectivity index (χ0v) is 12.4. The second-order valence-corrected chi connectivity index (χ2v) is 5.16. The summed E-state index contributed by atoms with van der Waals surface area (Å²) in [5.74, 6) is 0.608. The molecule has 3 rings (SSSR count). The van der Waals surface area contributed by atoms with E-state index in [2.05, 4.69) is 15.0 Å². The van der Waals surface area contributed by atoms with Gasteiger partial charge in [0.25, 0.3) is 5.56 Å². The molecule has 21 heavy (non-hydrogen) atoms. The second kappa shape index (κ2) is 5.13. The zero-order valence-electron chi connectivity index (χ0n) is 12.4. The minimum absolute atomic E-state index is 0.0569. The number of H-pyrrole nitrogens is 1. The Morgan fingerprint density at radius 3 is 2.62 bits per heavy atom. The van der Waals surface area contributed by atoms with Gasteiger partial charge < -0.3 is 4.98 Å². The molecule has 0 saturated carbocycles. The Kier molecular flexibility index (Phi) is 3.29. The van der Waals surface area contributed by atoms with Crippen molar-refractivity contribution in [3.63, 3.8) is 0 Å². The maximum Gasteiger partial charge on any atom is 0.254 e. The number of para-hydroxylation sites is 1. The van der Waals surface area contributed by atoms with Gasteiger partial charge in [-0.05, 0) is 32.4 Å². The van der Waals surface area contributed by atoms with Crippen molar-refractivity contribution in [2.45, 2.75) is 27.2 Å². The van der Waals surface area contributed by atoms with Gasteiger partial charge >= 0.3 is 0 Å². The molecule has 4 heteroatoms. The number of rotatable bonds is 2. The first-order valence-corrected chi connectivity index (χ1v) is 7.06. The lowest BCUT2D eigenvalue weighted by atomic mass is 10.1. The van der Waals surface area contributed by atoms with Crippen LogP contribution in [0.1, 0.15) is 23.9 Å². The lowest BCUT2D eigenvalue weighted by Crippen LogP contribution is -2.16. The van der Waals surface area contributed by atoms with Crippen molar-refractivity contribution >= 4 is 10.9 Å². The molecule has 0 aliphatic rings. The second-order valence-electron chi connectivity index (χ2n) is 5.16. The van der Waals surface area contributed by atoms with Crippen LogP contribution in [0.4, 0.5) is 0 Å². The van der Waals surface area contributed by atoms with E-state index in [-0.39, 0.29) is 5.56 Å². The molecule has 0 amide bonds. The van der Waals surface area contributed by atoms with E-state index < -0.39 is 0 Å². The van der Waals surface area contributed by atoms with E-state index in [4.69, 9.17) is 0 Å². The van der Waals surface area contributed by atoms with Crippen molar-refractivity contribution in [2.75, 3.05) is 0 Å². The molecule has 3 aromatic rings. The highest BCUT2D eigenvalue weighted by molar-refractivity contribution is 5.92. The third kappa shape index (κ3) is 2.33. The van der Waals surface area contributed by atoms with Crippen molar-refractivity contribution in [3.05, 3.63) is 57.6 Å². The summed E-state index contributed by atoms with van der Waals surface area (Å²) in [7, 11) is 0. The van der Waals surface area contributed by atoms with Gasteiger partial charge in [-0.2, -0.15) is 0 Å². The third-order valence-electron chi connectivity index (χ3n) is 3.68. The van der Waals surface area contributed by atoms with Crippen molar-refractivity contribution in [1.29, 1.82) is 0 Å². The van der Waals surface area contributed by atoms with Crippen LogP contribution in [-0.4, -0.2) is 15.0 Å². The van der Waals surface area contributed by atoms with Gasteiger partial charge in [0.1, 0.15) is 5.82 Å². The molecule has 0 atom stereocenters. The van der Waals surface area contributed by atoms with E-state index in [1.165, 1.54) is 0 Å². The van der Waals surface area contributed by atoms with Crippen molar-refractivity contribution in [1.82, 2.24) is 15.0 Å². The lowest BCUT2D eigenvalue weighted by Gasteiger charge is -2.09. The molecule has 106 valence electrons. The van der Waals surface area contributed by atoms with Gasteiger partial charge in [0.05, 0.1) is 5.52 Å². The van der Waals surface area contributed by atoms with Gasteiger partial charge in [0, 0.05) is 27.9 Å². The Morgan fingerprint density at radius 2 is 1.90 bits per heavy atom. The smallest absolute Gasteiger partial charge is 0.254 e. The van der Waals surface area contributed by atoms with Crippen LogP contribution in [0, 0.1) is 13.8 Å². The SMILES string of the molecule is CCc1c(C)nc(-c2cc(C)nc3ccccc23)[nH]c1=O. The summed E-state index contributed by atoms with van der Waals surface area (Å²) < 4.78 is 0. The molecule has 0 radical (unpaired) electrons. The molecule has 0 aliphatic heterocycles. The molecule has 0 saturated heterocycles. The molecule has 1 N–H and O–H groups in total. The average molecular weight is 279 g/mol. The number of nitrogens with one attached hydrogen (secondary N) is 1. The summed E-state index contributed by atoms with van der Waals surface area (Å²) in [5, 5.41) is 0.995. The molecular formula is C17H17N3O. The van der Waals surface area contributed by atoms with Crippen LogP contribution >= 0.6 is 0 Å². The van der Waals surface area contributed by atoms with E-state index in [1.54, 1.807) is 0 Å². The largest absolute Gasteiger partial charge is 0.306 e. The van der Waals surface area contributed by atoms with E-state index in [0.717, 1.165) is 33.4 Å². The number of hydrogen-bond acceptors (Lipinski definition) is 3. The molecule has 4 nitrogen and oxygen atoms in total. The average Bonchev–Trinajstić information content (AvgIpc) is 2.46. The number of fused-ring (bicyclic) bond motifs is 1. The summed E-state index contributed by atoms with van der Waals surface area (Å²) in [5.41, 5.74) is 4.21. The topological polar surface area (TPSA) is 58.6 Å². The van der Waals surface area contributed by atoms with Crippen LogP contribution in [0.25, 0.3) is 22.3 Å². The Bertz CT molecular complexity index is 881. The van der Waals surface area contributed by atoms with Crippen LogP contribution in [0.2, 0.25) is 0 Å². The van der Waals surface area contributed by atoms with Crippen molar-refractivity contribution in [2.24, 2.45) is 0 Å². The van der Waals surface area contributed by atoms with Gasteiger partial charge in [-0.15, -0.1) is 0 Å². The minimum atomic E-state index is -0.0569. The molecule has 0 spiro atoms. The fourth-order valence-electron chi connectivity index (χ4n) is 2.66. The third-order valence-corrected chi connectivity index (χ3v) is 3.68. The Labute approximate surface area is 122 Å². The fourth-order valence-corrected chi connectivity index (χ4v) is 2.66. The molecule has 0 bridgehead atoms. The van der Waals surface area contributed by atoms with E-state index in [1.807, 2.05) is 51.1 Å². The maximum absolute atomic E-state index is 12.2. The van der Waals surface area contributed by atoms with Gasteiger partial charge in [0.15, 0.2) is 0 Å². The van der Waals surface area contributed by atoms with Crippen LogP contribution in [0.5, 0.6) is 0 Å². The van der Waals surface area contributed by atoms with Gasteiger partial charge in [-0.1, -0.05) is 25.1 Å². The zero-order chi connectivity index (χ0) is 15.0. The van der Waals surface area contributed by atoms with E-state index in [9.17, 15) is 4.79 Å². The number of hydrogen-bond donors (Lipinski definition) is 1. The standard InChI is InChI=1S/C17H17N3O/c1-4-12-11(3)19-16(20-17(12)21)14-9-10(2)18-15-8-6-5-7-13(14)15/h5-9H,4H2,1-3H3,(H,19,20,21). The van der Waals surface area contributed by atoms with E-state index >= 15 is 0 Å². The number of aromatic nitrogens is 3. The highest BCUT2D eigenvalue weighted by Crippen LogP contribution is 2.25. The van der Waals surface area contributed by atoms with E-state index in [0.29, 0.717) is 12.2 Å². The first-order valence-electron chi connectivity index (χ1n) is 7.06. The predicted octanol–water partition coefficient (Wildman–Crippen LogP) is 3.16. The summed E-state index contributed by atoms with van der Waals surface area (Å²) in [6.07, 6.45) is 0.685. The number of pyridine rings is 1. The Balaban J connectivity index is 2.33. The first kappa shape index (κ1) is 13.5. The van der Waals surface area contributed by atoms with Gasteiger partial charge in [-0.3, -0.25) is 9.78 Å². The summed E-state index contributed by atoms with van der Waals surface area (Å²) in [6, 6.07) is 9.86. The molecular weight excluding hydrogens is 262 g/mol. The lowest BCUT2D eigenvalue weighted by molar-refractivity contribution is 0.968. The molecule has 0 fully saturated rings. The first-order chi connectivity index (χ1) is 10.1. The minimum Gasteiger partial charge on any atom is -0.306 e. The Morgan fingerprint density at radius 1 is 1.14 bits per heavy atom. The summed E-state index contributed by atoms with van der Waals surface area (Å²) >= 11 is 0. The van der Waals surface area contributed by atoms with Crippen LogP contribution < -0.4 is 5.56 Å². The number of aryl methyl sites for hydroxylation is 2. The van der Waals surface area contributed by atoms with Crippen LogP contribution in [0.3, 0.4) is 0 Å². The van der Waals surface area contributed by atoms with Crippen molar-refractivity contribution < 1.29 is 0 Å². The number of benzene rings is 1. The highest BCUT2D eigenvalue weighted by atomic mass is 16.1. The molecule has 2 heterocycles. The Hall–Kier alpha value is -2.49. The fraction of sp³-hybridized carbons (Fsp3) is 0.235. The van der Waals surface area contributed by atoms with Crippen LogP contribution in [-0.2, 0) is 6.42 Å². The summed E-state index contributed by atoms with van der Waals surface area (Å²) in [4.78, 5) is 24.2. The quantitative estimate of drug-likeness (QED) is 0.784. The number of aromatic amines is 1. The maximum atomic E-state index is 12.2. The summed E-state index contributed by atoms with van der Waals surface area (Å²) in [6.45, 7) is 5.79. The normalized spacial score (nSPS) is 11.0. The molecule has 1 aromatic carbocycles. The monoisotopic (exact) mass is 279 g/mol. The highest BCUT2D eigenvalue weighted by Gasteiger charge is 2.11. The van der Waals surface area contributed by atoms with Crippen molar-refractivity contribution in [3.8, 4) is 11.4 Å². The van der Waals surface area contributed by atoms with Gasteiger partial charge in [0.2, 0.25) is 0 Å². The van der Waals surface area contributed by atoms with Crippen LogP contribution in [0.15, 0.2) is 35.1 Å². The number of nitrogens with zero attached hydrogens (tertiary/aromatic N) is 2. The molecule has 0 unspecified atom stereocenters.